The highest BCUT2D eigenvalue weighted by Crippen LogP contribution is 2.23. The molecule has 0 aromatic heterocycles. The molecule has 2 aromatic rings. The molecule has 0 spiro atoms. The molecule has 0 aliphatic carbocycles. The van der Waals surface area contributed by atoms with E-state index in [1.54, 1.807) is 6.92 Å². The molecule has 0 fully saturated rings. The van der Waals surface area contributed by atoms with E-state index in [0.717, 1.165) is 33.9 Å². The predicted molar refractivity (Wildman–Crippen MR) is 119 cm³/mol. The summed E-state index contributed by atoms with van der Waals surface area (Å²) in [6.45, 7) is 13.6. The Morgan fingerprint density at radius 1 is 1.04 bits per heavy atom. The van der Waals surface area contributed by atoms with Gasteiger partial charge in [-0.05, 0) is 60.7 Å². The van der Waals surface area contributed by atoms with Crippen molar-refractivity contribution in [1.29, 1.82) is 0 Å². The molecule has 2 rings (SSSR count). The molecule has 0 amide bonds. The van der Waals surface area contributed by atoms with Crippen molar-refractivity contribution in [2.45, 2.75) is 54.6 Å². The number of aryl methyl sites for hydroxylation is 3. The van der Waals surface area contributed by atoms with Gasteiger partial charge in [0.25, 0.3) is 0 Å². The van der Waals surface area contributed by atoms with E-state index in [4.69, 9.17) is 16.7 Å². The Morgan fingerprint density at radius 3 is 2.21 bits per heavy atom. The maximum absolute atomic E-state index is 10.9. The third kappa shape index (κ3) is 7.17. The van der Waals surface area contributed by atoms with Crippen molar-refractivity contribution in [3.05, 3.63) is 63.2 Å². The molecule has 5 heteroatoms. The van der Waals surface area contributed by atoms with E-state index < -0.39 is 11.9 Å². The van der Waals surface area contributed by atoms with Crippen LogP contribution in [-0.2, 0) is 17.9 Å². The first-order valence-electron chi connectivity index (χ1n) is 9.80. The number of benzene rings is 2. The average molecular weight is 405 g/mol. The fourth-order valence-electron chi connectivity index (χ4n) is 2.82. The summed E-state index contributed by atoms with van der Waals surface area (Å²) in [5.41, 5.74) is 6.76. The number of hydrogen-bond donors (Lipinski definition) is 3. The Balaban J connectivity index is 0.00000190. The fourth-order valence-corrected chi connectivity index (χ4v) is 2.93. The van der Waals surface area contributed by atoms with Gasteiger partial charge >= 0.3 is 5.97 Å². The molecule has 154 valence electrons. The van der Waals surface area contributed by atoms with Gasteiger partial charge in [-0.3, -0.25) is 4.79 Å². The molecule has 4 nitrogen and oxygen atoms in total. The van der Waals surface area contributed by atoms with E-state index in [1.807, 2.05) is 27.7 Å². The molecule has 1 atom stereocenters. The lowest BCUT2D eigenvalue weighted by molar-refractivity contribution is -0.140. The lowest BCUT2D eigenvalue weighted by Crippen LogP contribution is -2.26. The van der Waals surface area contributed by atoms with Crippen molar-refractivity contribution in [3.8, 4) is 0 Å². The van der Waals surface area contributed by atoms with Crippen molar-refractivity contribution in [2.24, 2.45) is 5.92 Å². The van der Waals surface area contributed by atoms with Gasteiger partial charge in [-0.1, -0.05) is 50.6 Å². The zero-order valence-electron chi connectivity index (χ0n) is 17.8. The Labute approximate surface area is 174 Å². The minimum absolute atomic E-state index is 0.395. The molecule has 3 N–H and O–H groups in total. The van der Waals surface area contributed by atoms with Crippen molar-refractivity contribution in [1.82, 2.24) is 5.32 Å². The molecule has 0 aliphatic heterocycles. The number of carboxylic acid groups (broad SMARTS) is 1. The van der Waals surface area contributed by atoms with Gasteiger partial charge in [0, 0.05) is 30.3 Å². The van der Waals surface area contributed by atoms with Gasteiger partial charge in [0.05, 0.1) is 5.92 Å². The normalized spacial score (nSPS) is 11.4. The summed E-state index contributed by atoms with van der Waals surface area (Å²) in [4.78, 5) is 10.9. The number of hydrogen-bond acceptors (Lipinski definition) is 3. The van der Waals surface area contributed by atoms with Crippen LogP contribution in [0.5, 0.6) is 0 Å². The van der Waals surface area contributed by atoms with Crippen LogP contribution in [0.4, 0.5) is 5.69 Å². The number of anilines is 1. The van der Waals surface area contributed by atoms with E-state index in [-0.39, 0.29) is 0 Å². The van der Waals surface area contributed by atoms with Crippen molar-refractivity contribution in [2.75, 3.05) is 11.9 Å². The third-order valence-electron chi connectivity index (χ3n) is 4.53. The van der Waals surface area contributed by atoms with Gasteiger partial charge in [-0.15, -0.1) is 0 Å². The minimum atomic E-state index is -0.779. The summed E-state index contributed by atoms with van der Waals surface area (Å²) in [7, 11) is 0. The number of halogens is 1. The van der Waals surface area contributed by atoms with Crippen molar-refractivity contribution >= 4 is 23.3 Å². The second-order valence-corrected chi connectivity index (χ2v) is 7.29. The summed E-state index contributed by atoms with van der Waals surface area (Å²) >= 11 is 6.23. The van der Waals surface area contributed by atoms with Gasteiger partial charge in [-0.2, -0.15) is 0 Å². The second kappa shape index (κ2) is 11.7. The molecular formula is C23H33ClN2O2. The molecule has 0 saturated heterocycles. The van der Waals surface area contributed by atoms with E-state index in [1.165, 1.54) is 11.1 Å². The van der Waals surface area contributed by atoms with E-state index >= 15 is 0 Å². The lowest BCUT2D eigenvalue weighted by Gasteiger charge is -2.14. The van der Waals surface area contributed by atoms with Crippen LogP contribution in [0.15, 0.2) is 30.3 Å². The first kappa shape index (κ1) is 24.0. The molecule has 0 unspecified atom stereocenters. The minimum Gasteiger partial charge on any atom is -0.481 e. The summed E-state index contributed by atoms with van der Waals surface area (Å²) in [5.74, 6) is -1.17. The zero-order valence-corrected chi connectivity index (χ0v) is 18.6. The summed E-state index contributed by atoms with van der Waals surface area (Å²) < 4.78 is 0. The molecule has 0 heterocycles. The van der Waals surface area contributed by atoms with Crippen LogP contribution in [0, 0.1) is 26.7 Å². The first-order valence-corrected chi connectivity index (χ1v) is 10.2. The van der Waals surface area contributed by atoms with Crippen LogP contribution in [0.2, 0.25) is 5.02 Å². The van der Waals surface area contributed by atoms with Gasteiger partial charge in [0.15, 0.2) is 0 Å². The Kier molecular flexibility index (Phi) is 10.0. The van der Waals surface area contributed by atoms with Gasteiger partial charge in [0.1, 0.15) is 0 Å². The highest BCUT2D eigenvalue weighted by molar-refractivity contribution is 6.32. The maximum Gasteiger partial charge on any atom is 0.307 e. The monoisotopic (exact) mass is 404 g/mol. The van der Waals surface area contributed by atoms with Crippen molar-refractivity contribution < 1.29 is 9.90 Å². The smallest absolute Gasteiger partial charge is 0.307 e. The second-order valence-electron chi connectivity index (χ2n) is 6.91. The summed E-state index contributed by atoms with van der Waals surface area (Å²) in [6, 6.07) is 10.5. The van der Waals surface area contributed by atoms with Gasteiger partial charge < -0.3 is 15.7 Å². The van der Waals surface area contributed by atoms with Crippen molar-refractivity contribution in [3.63, 3.8) is 0 Å². The lowest BCUT2D eigenvalue weighted by atomic mass is 10.1. The van der Waals surface area contributed by atoms with E-state index in [0.29, 0.717) is 13.1 Å². The Morgan fingerprint density at radius 2 is 1.64 bits per heavy atom. The van der Waals surface area contributed by atoms with Crippen LogP contribution in [0.25, 0.3) is 0 Å². The molecule has 2 aromatic carbocycles. The number of nitrogens with one attached hydrogen (secondary N) is 2. The Bertz CT molecular complexity index is 767. The van der Waals surface area contributed by atoms with Crippen LogP contribution < -0.4 is 10.6 Å². The summed E-state index contributed by atoms with van der Waals surface area (Å²) in [6.07, 6.45) is 0. The third-order valence-corrected chi connectivity index (χ3v) is 5.13. The average Bonchev–Trinajstić information content (AvgIpc) is 2.67. The van der Waals surface area contributed by atoms with Crippen LogP contribution >= 0.6 is 11.6 Å². The van der Waals surface area contributed by atoms with E-state index in [2.05, 4.69) is 47.9 Å². The predicted octanol–water partition coefficient (Wildman–Crippen LogP) is 5.71. The molecule has 0 radical (unpaired) electrons. The zero-order chi connectivity index (χ0) is 21.3. The number of carboxylic acids is 1. The molecule has 28 heavy (non-hydrogen) atoms. The standard InChI is InChI=1S/C21H27ClN2O2.C2H6/c1-13-5-6-19(9-18(13)12-23-10-16(4)21(25)26)24-11-17-7-14(2)20(22)15(3)8-17;1-2/h5-9,16,23-24H,10-12H2,1-4H3,(H,25,26);1-2H3/t16-;/m0./s1. The highest BCUT2D eigenvalue weighted by Gasteiger charge is 2.10. The number of rotatable bonds is 8. The molecule has 0 aliphatic rings. The molecular weight excluding hydrogens is 372 g/mol. The number of carbonyl (C=O) groups is 1. The molecule has 0 bridgehead atoms. The number of aliphatic carboxylic acids is 1. The van der Waals surface area contributed by atoms with Gasteiger partial charge in [0.2, 0.25) is 0 Å². The largest absolute Gasteiger partial charge is 0.481 e. The highest BCUT2D eigenvalue weighted by atomic mass is 35.5. The van der Waals surface area contributed by atoms with Gasteiger partial charge in [-0.25, -0.2) is 0 Å². The Hall–Kier alpha value is -2.04. The first-order chi connectivity index (χ1) is 13.3. The van der Waals surface area contributed by atoms with Crippen LogP contribution in [-0.4, -0.2) is 17.6 Å². The summed E-state index contributed by atoms with van der Waals surface area (Å²) in [5, 5.41) is 16.5. The topological polar surface area (TPSA) is 61.4 Å². The SMILES string of the molecule is CC.Cc1ccc(NCc2cc(C)c(Cl)c(C)c2)cc1CNC[C@H](C)C(=O)O. The fraction of sp³-hybridized carbons (Fsp3) is 0.435. The van der Waals surface area contributed by atoms with Crippen LogP contribution in [0.1, 0.15) is 48.6 Å². The van der Waals surface area contributed by atoms with E-state index in [9.17, 15) is 4.79 Å². The maximum atomic E-state index is 10.9. The molecule has 0 saturated carbocycles. The van der Waals surface area contributed by atoms with Crippen LogP contribution in [0.3, 0.4) is 0 Å². The quantitative estimate of drug-likeness (QED) is 0.527.